The summed E-state index contributed by atoms with van der Waals surface area (Å²) in [5.74, 6) is 0.161. The zero-order valence-corrected chi connectivity index (χ0v) is 13.5. The van der Waals surface area contributed by atoms with Crippen LogP contribution in [-0.2, 0) is 0 Å². The van der Waals surface area contributed by atoms with Gasteiger partial charge in [-0.05, 0) is 37.1 Å². The molecular formula is C20H20N2O2. The van der Waals surface area contributed by atoms with E-state index in [1.807, 2.05) is 70.5 Å². The van der Waals surface area contributed by atoms with Crippen molar-refractivity contribution in [1.29, 1.82) is 0 Å². The van der Waals surface area contributed by atoms with Crippen LogP contribution in [0, 0.1) is 0 Å². The first kappa shape index (κ1) is 14.9. The Balaban J connectivity index is 1.52. The van der Waals surface area contributed by atoms with Crippen molar-refractivity contribution in [3.63, 3.8) is 0 Å². The van der Waals surface area contributed by atoms with Gasteiger partial charge < -0.3 is 9.80 Å². The molecule has 24 heavy (non-hydrogen) atoms. The van der Waals surface area contributed by atoms with Gasteiger partial charge in [0.2, 0.25) is 0 Å². The molecule has 0 N–H and O–H groups in total. The van der Waals surface area contributed by atoms with Crippen LogP contribution in [-0.4, -0.2) is 46.8 Å². The van der Waals surface area contributed by atoms with Crippen LogP contribution < -0.4 is 0 Å². The van der Waals surface area contributed by atoms with Crippen LogP contribution >= 0.6 is 0 Å². The normalized spacial score (nSPS) is 22.5. The summed E-state index contributed by atoms with van der Waals surface area (Å²) in [5, 5.41) is 0. The SMILES string of the molecule is O=C(c1ccccc1)N1C[C@@H]2CC[C@@H]1CN2C(=O)c1ccccc1. The van der Waals surface area contributed by atoms with E-state index in [2.05, 4.69) is 0 Å². The lowest BCUT2D eigenvalue weighted by molar-refractivity contribution is -0.00607. The van der Waals surface area contributed by atoms with Crippen LogP contribution in [0.25, 0.3) is 0 Å². The van der Waals surface area contributed by atoms with Gasteiger partial charge in [0.25, 0.3) is 11.8 Å². The van der Waals surface area contributed by atoms with Gasteiger partial charge >= 0.3 is 0 Å². The maximum Gasteiger partial charge on any atom is 0.254 e. The van der Waals surface area contributed by atoms with Crippen LogP contribution in [0.15, 0.2) is 60.7 Å². The molecule has 2 atom stereocenters. The predicted octanol–water partition coefficient (Wildman–Crippen LogP) is 2.82. The standard InChI is InChI=1S/C20H20N2O2/c23-19(15-7-3-1-4-8-15)21-13-18-12-11-17(21)14-22(18)20(24)16-9-5-2-6-10-16/h1-10,17-18H,11-14H2/t17-,18+. The van der Waals surface area contributed by atoms with Gasteiger partial charge in [-0.25, -0.2) is 0 Å². The minimum atomic E-state index is 0.0807. The van der Waals surface area contributed by atoms with Crippen LogP contribution in [0.1, 0.15) is 33.6 Å². The highest BCUT2D eigenvalue weighted by Crippen LogP contribution is 2.31. The molecule has 4 heteroatoms. The van der Waals surface area contributed by atoms with Gasteiger partial charge in [-0.15, -0.1) is 0 Å². The fraction of sp³-hybridized carbons (Fsp3) is 0.300. The minimum Gasteiger partial charge on any atom is -0.332 e. The van der Waals surface area contributed by atoms with Gasteiger partial charge in [0.1, 0.15) is 0 Å². The highest BCUT2D eigenvalue weighted by atomic mass is 16.2. The molecule has 0 saturated carbocycles. The first-order valence-electron chi connectivity index (χ1n) is 8.46. The average Bonchev–Trinajstić information content (AvgIpc) is 2.68. The van der Waals surface area contributed by atoms with Crippen LogP contribution in [0.3, 0.4) is 0 Å². The van der Waals surface area contributed by atoms with E-state index < -0.39 is 0 Å². The first-order valence-corrected chi connectivity index (χ1v) is 8.46. The highest BCUT2D eigenvalue weighted by molar-refractivity contribution is 5.96. The van der Waals surface area contributed by atoms with Crippen LogP contribution in [0.2, 0.25) is 0 Å². The van der Waals surface area contributed by atoms with Crippen LogP contribution in [0.4, 0.5) is 0 Å². The van der Waals surface area contributed by atoms with Gasteiger partial charge in [0.15, 0.2) is 0 Å². The quantitative estimate of drug-likeness (QED) is 0.854. The second-order valence-electron chi connectivity index (χ2n) is 6.53. The molecule has 3 fully saturated rings. The van der Waals surface area contributed by atoms with Crippen molar-refractivity contribution in [2.75, 3.05) is 13.1 Å². The highest BCUT2D eigenvalue weighted by Gasteiger charge is 2.43. The van der Waals surface area contributed by atoms with E-state index >= 15 is 0 Å². The predicted molar refractivity (Wildman–Crippen MR) is 91.8 cm³/mol. The Morgan fingerprint density at radius 3 is 1.38 bits per heavy atom. The number of hydrogen-bond donors (Lipinski definition) is 0. The Bertz CT molecular complexity index is 679. The van der Waals surface area contributed by atoms with E-state index in [0.717, 1.165) is 24.0 Å². The lowest BCUT2D eigenvalue weighted by Gasteiger charge is -2.51. The summed E-state index contributed by atoms with van der Waals surface area (Å²) in [4.78, 5) is 29.4. The summed E-state index contributed by atoms with van der Waals surface area (Å²) in [7, 11) is 0. The van der Waals surface area contributed by atoms with Crippen molar-refractivity contribution in [1.82, 2.24) is 9.80 Å². The molecule has 0 aromatic heterocycles. The van der Waals surface area contributed by atoms with Crippen molar-refractivity contribution in [3.8, 4) is 0 Å². The molecule has 3 heterocycles. The topological polar surface area (TPSA) is 40.6 Å². The third-order valence-electron chi connectivity index (χ3n) is 5.09. The summed E-state index contributed by atoms with van der Waals surface area (Å²) in [6.45, 7) is 1.27. The summed E-state index contributed by atoms with van der Waals surface area (Å²) in [6.07, 6.45) is 1.95. The lowest BCUT2D eigenvalue weighted by atomic mass is 9.89. The van der Waals surface area contributed by atoms with E-state index in [1.54, 1.807) is 0 Å². The fourth-order valence-corrected chi connectivity index (χ4v) is 3.82. The molecule has 4 nitrogen and oxygen atoms in total. The van der Waals surface area contributed by atoms with Gasteiger partial charge in [-0.1, -0.05) is 36.4 Å². The Morgan fingerprint density at radius 1 is 0.667 bits per heavy atom. The van der Waals surface area contributed by atoms with Gasteiger partial charge in [-0.3, -0.25) is 9.59 Å². The van der Waals surface area contributed by atoms with Crippen LogP contribution in [0.5, 0.6) is 0 Å². The smallest absolute Gasteiger partial charge is 0.254 e. The molecule has 3 saturated heterocycles. The third-order valence-corrected chi connectivity index (χ3v) is 5.09. The molecule has 0 unspecified atom stereocenters. The van der Waals surface area contributed by atoms with E-state index in [-0.39, 0.29) is 23.9 Å². The maximum absolute atomic E-state index is 12.8. The van der Waals surface area contributed by atoms with E-state index in [1.165, 1.54) is 0 Å². The third kappa shape index (κ3) is 2.58. The van der Waals surface area contributed by atoms with E-state index in [4.69, 9.17) is 0 Å². The van der Waals surface area contributed by atoms with Crippen molar-refractivity contribution in [2.24, 2.45) is 0 Å². The number of benzene rings is 2. The lowest BCUT2D eigenvalue weighted by Crippen LogP contribution is -2.65. The summed E-state index contributed by atoms with van der Waals surface area (Å²) < 4.78 is 0. The Kier molecular flexibility index (Phi) is 3.81. The molecule has 0 spiro atoms. The largest absolute Gasteiger partial charge is 0.332 e. The second kappa shape index (κ2) is 6.11. The monoisotopic (exact) mass is 320 g/mol. The number of nitrogens with zero attached hydrogens (tertiary/aromatic N) is 2. The van der Waals surface area contributed by atoms with Crippen molar-refractivity contribution < 1.29 is 9.59 Å². The molecule has 2 aromatic rings. The summed E-state index contributed by atoms with van der Waals surface area (Å²) in [5.41, 5.74) is 1.46. The van der Waals surface area contributed by atoms with Gasteiger partial charge in [0, 0.05) is 36.3 Å². The van der Waals surface area contributed by atoms with E-state index in [9.17, 15) is 9.59 Å². The number of fused-ring (bicyclic) bond motifs is 3. The molecule has 5 rings (SSSR count). The Hall–Kier alpha value is -2.62. The Morgan fingerprint density at radius 2 is 1.04 bits per heavy atom. The number of carbonyl (C=O) groups is 2. The molecule has 0 aliphatic carbocycles. The number of rotatable bonds is 2. The molecule has 3 aliphatic heterocycles. The van der Waals surface area contributed by atoms with Crippen molar-refractivity contribution >= 4 is 11.8 Å². The molecule has 2 bridgehead atoms. The van der Waals surface area contributed by atoms with E-state index in [0.29, 0.717) is 13.1 Å². The zero-order valence-electron chi connectivity index (χ0n) is 13.5. The molecule has 122 valence electrons. The zero-order chi connectivity index (χ0) is 16.5. The average molecular weight is 320 g/mol. The number of piperidine rings is 2. The molecule has 2 amide bonds. The molecule has 3 aliphatic rings. The van der Waals surface area contributed by atoms with Gasteiger partial charge in [-0.2, -0.15) is 0 Å². The number of carbonyl (C=O) groups excluding carboxylic acids is 2. The number of amides is 2. The molecule has 2 aromatic carbocycles. The number of hydrogen-bond acceptors (Lipinski definition) is 2. The second-order valence-corrected chi connectivity index (χ2v) is 6.53. The fourth-order valence-electron chi connectivity index (χ4n) is 3.82. The van der Waals surface area contributed by atoms with Crippen molar-refractivity contribution in [3.05, 3.63) is 71.8 Å². The summed E-state index contributed by atoms with van der Waals surface area (Å²) in [6, 6.07) is 19.1. The maximum atomic E-state index is 12.8. The van der Waals surface area contributed by atoms with Crippen molar-refractivity contribution in [2.45, 2.75) is 24.9 Å². The summed E-state index contributed by atoms with van der Waals surface area (Å²) >= 11 is 0. The Labute approximate surface area is 141 Å². The minimum absolute atomic E-state index is 0.0807. The molecule has 0 radical (unpaired) electrons. The first-order chi connectivity index (χ1) is 11.7. The van der Waals surface area contributed by atoms with Gasteiger partial charge in [0.05, 0.1) is 0 Å². The molecular weight excluding hydrogens is 300 g/mol. The number of piperazine rings is 1.